The van der Waals surface area contributed by atoms with Crippen molar-refractivity contribution in [2.45, 2.75) is 19.4 Å². The molecule has 1 aromatic carbocycles. The molecule has 0 aliphatic carbocycles. The maximum absolute atomic E-state index is 9.54. The van der Waals surface area contributed by atoms with Gasteiger partial charge in [0.1, 0.15) is 13.2 Å². The van der Waals surface area contributed by atoms with Crippen LogP contribution < -0.4 is 9.47 Å². The van der Waals surface area contributed by atoms with Gasteiger partial charge in [-0.1, -0.05) is 0 Å². The lowest BCUT2D eigenvalue weighted by atomic mass is 10.0. The van der Waals surface area contributed by atoms with Crippen molar-refractivity contribution in [1.82, 2.24) is 0 Å². The Morgan fingerprint density at radius 2 is 1.94 bits per heavy atom. The number of aliphatic hydroxyl groups is 1. The first kappa shape index (κ1) is 11.6. The van der Waals surface area contributed by atoms with Crippen LogP contribution in [0.15, 0.2) is 12.1 Å². The van der Waals surface area contributed by atoms with Gasteiger partial charge >= 0.3 is 0 Å². The van der Waals surface area contributed by atoms with E-state index in [1.807, 2.05) is 19.1 Å². The van der Waals surface area contributed by atoms with Crippen molar-refractivity contribution in [3.63, 3.8) is 0 Å². The zero-order valence-electron chi connectivity index (χ0n) is 9.20. The van der Waals surface area contributed by atoms with Gasteiger partial charge in [0.05, 0.1) is 6.10 Å². The molecule has 88 valence electrons. The summed E-state index contributed by atoms with van der Waals surface area (Å²) in [5.74, 6) is 1.79. The fourth-order valence-electron chi connectivity index (χ4n) is 1.76. The second-order valence-electron chi connectivity index (χ2n) is 3.93. The van der Waals surface area contributed by atoms with E-state index in [4.69, 9.17) is 21.1 Å². The van der Waals surface area contributed by atoms with Crippen molar-refractivity contribution in [2.75, 3.05) is 19.1 Å². The Labute approximate surface area is 99.9 Å². The maximum Gasteiger partial charge on any atom is 0.161 e. The molecule has 1 atom stereocenters. The van der Waals surface area contributed by atoms with Crippen LogP contribution in [0.4, 0.5) is 0 Å². The third-order valence-electron chi connectivity index (χ3n) is 2.63. The summed E-state index contributed by atoms with van der Waals surface area (Å²) < 4.78 is 11.0. The summed E-state index contributed by atoms with van der Waals surface area (Å²) in [6.45, 7) is 3.16. The second kappa shape index (κ2) is 4.93. The largest absolute Gasteiger partial charge is 0.486 e. The van der Waals surface area contributed by atoms with Crippen LogP contribution in [0.2, 0.25) is 0 Å². The van der Waals surface area contributed by atoms with Gasteiger partial charge in [0.2, 0.25) is 0 Å². The van der Waals surface area contributed by atoms with E-state index in [9.17, 15) is 5.11 Å². The molecule has 1 heterocycles. The summed E-state index contributed by atoms with van der Waals surface area (Å²) in [6.07, 6.45) is 0.0364. The van der Waals surface area contributed by atoms with Gasteiger partial charge in [-0.2, -0.15) is 0 Å². The van der Waals surface area contributed by atoms with Crippen LogP contribution in [-0.2, 0) is 6.42 Å². The minimum Gasteiger partial charge on any atom is -0.486 e. The van der Waals surface area contributed by atoms with Gasteiger partial charge in [0, 0.05) is 5.88 Å². The maximum atomic E-state index is 9.54. The molecule has 0 spiro atoms. The monoisotopic (exact) mass is 242 g/mol. The summed E-state index contributed by atoms with van der Waals surface area (Å²) >= 11 is 5.59. The highest BCUT2D eigenvalue weighted by molar-refractivity contribution is 6.18. The van der Waals surface area contributed by atoms with E-state index >= 15 is 0 Å². The molecule has 0 fully saturated rings. The lowest BCUT2D eigenvalue weighted by molar-refractivity contribution is 0.170. The molecule has 2 rings (SSSR count). The second-order valence-corrected chi connectivity index (χ2v) is 4.24. The number of aliphatic hydroxyl groups excluding tert-OH is 1. The quantitative estimate of drug-likeness (QED) is 0.823. The topological polar surface area (TPSA) is 38.7 Å². The number of aryl methyl sites for hydroxylation is 1. The average Bonchev–Trinajstić information content (AvgIpc) is 2.30. The molecule has 4 heteroatoms. The van der Waals surface area contributed by atoms with E-state index in [1.165, 1.54) is 0 Å². The summed E-state index contributed by atoms with van der Waals surface area (Å²) in [5, 5.41) is 9.54. The van der Waals surface area contributed by atoms with Crippen molar-refractivity contribution < 1.29 is 14.6 Å². The first-order valence-corrected chi connectivity index (χ1v) is 5.87. The van der Waals surface area contributed by atoms with Gasteiger partial charge in [-0.3, -0.25) is 0 Å². The zero-order valence-corrected chi connectivity index (χ0v) is 9.96. The molecule has 0 amide bonds. The van der Waals surface area contributed by atoms with E-state index in [2.05, 4.69) is 0 Å². The van der Waals surface area contributed by atoms with Gasteiger partial charge in [0.25, 0.3) is 0 Å². The van der Waals surface area contributed by atoms with Crippen molar-refractivity contribution in [2.24, 2.45) is 0 Å². The van der Waals surface area contributed by atoms with Crippen LogP contribution in [0.3, 0.4) is 0 Å². The van der Waals surface area contributed by atoms with Gasteiger partial charge in [-0.05, 0) is 36.6 Å². The molecule has 0 radical (unpaired) electrons. The number of hydrogen-bond acceptors (Lipinski definition) is 3. The summed E-state index contributed by atoms with van der Waals surface area (Å²) in [6, 6.07) is 3.88. The van der Waals surface area contributed by atoms with Crippen molar-refractivity contribution in [3.8, 4) is 11.5 Å². The number of halogens is 1. The van der Waals surface area contributed by atoms with E-state index in [-0.39, 0.29) is 5.88 Å². The highest BCUT2D eigenvalue weighted by Crippen LogP contribution is 2.33. The number of hydrogen-bond donors (Lipinski definition) is 1. The first-order chi connectivity index (χ1) is 7.70. The normalized spacial score (nSPS) is 15.9. The van der Waals surface area contributed by atoms with Crippen molar-refractivity contribution in [3.05, 3.63) is 23.3 Å². The highest BCUT2D eigenvalue weighted by Gasteiger charge is 2.15. The predicted octanol–water partition coefficient (Wildman–Crippen LogP) is 1.91. The summed E-state index contributed by atoms with van der Waals surface area (Å²) in [5.41, 5.74) is 2.14. The van der Waals surface area contributed by atoms with Crippen molar-refractivity contribution >= 4 is 11.6 Å². The lowest BCUT2D eigenvalue weighted by Gasteiger charge is -2.20. The zero-order chi connectivity index (χ0) is 11.5. The van der Waals surface area contributed by atoms with Gasteiger partial charge in [-0.25, -0.2) is 0 Å². The van der Waals surface area contributed by atoms with E-state index < -0.39 is 6.10 Å². The first-order valence-electron chi connectivity index (χ1n) is 5.34. The molecular formula is C12H15ClO3. The number of benzene rings is 1. The molecular weight excluding hydrogens is 228 g/mol. The number of rotatable bonds is 3. The third kappa shape index (κ3) is 2.42. The lowest BCUT2D eigenvalue weighted by Crippen LogP contribution is -2.17. The molecule has 0 aromatic heterocycles. The average molecular weight is 243 g/mol. The van der Waals surface area contributed by atoms with Crippen LogP contribution in [-0.4, -0.2) is 30.3 Å². The molecule has 3 nitrogen and oxygen atoms in total. The molecule has 1 unspecified atom stereocenters. The van der Waals surface area contributed by atoms with Crippen LogP contribution >= 0.6 is 11.6 Å². The van der Waals surface area contributed by atoms with Gasteiger partial charge in [0.15, 0.2) is 11.5 Å². The SMILES string of the molecule is Cc1cc2c(cc1CC(O)CCl)OCCO2. The standard InChI is InChI=1S/C12H15ClO3/c1-8-4-11-12(16-3-2-15-11)6-9(8)5-10(14)7-13/h4,6,10,14H,2-3,5,7H2,1H3. The predicted molar refractivity (Wildman–Crippen MR) is 62.6 cm³/mol. The van der Waals surface area contributed by atoms with E-state index in [0.717, 1.165) is 22.6 Å². The number of alkyl halides is 1. The smallest absolute Gasteiger partial charge is 0.161 e. The minimum absolute atomic E-state index is 0.244. The summed E-state index contributed by atoms with van der Waals surface area (Å²) in [7, 11) is 0. The molecule has 0 bridgehead atoms. The Morgan fingerprint density at radius 1 is 1.31 bits per heavy atom. The molecule has 1 aliphatic rings. The number of fused-ring (bicyclic) bond motifs is 1. The Balaban J connectivity index is 2.25. The fourth-order valence-corrected chi connectivity index (χ4v) is 1.87. The van der Waals surface area contributed by atoms with Crippen LogP contribution in [0, 0.1) is 6.92 Å². The van der Waals surface area contributed by atoms with Crippen LogP contribution in [0.5, 0.6) is 11.5 Å². The Hall–Kier alpha value is -0.930. The third-order valence-corrected chi connectivity index (χ3v) is 2.99. The fraction of sp³-hybridized carbons (Fsp3) is 0.500. The highest BCUT2D eigenvalue weighted by atomic mass is 35.5. The van der Waals surface area contributed by atoms with E-state index in [1.54, 1.807) is 0 Å². The van der Waals surface area contributed by atoms with Gasteiger partial charge < -0.3 is 14.6 Å². The van der Waals surface area contributed by atoms with Crippen molar-refractivity contribution in [1.29, 1.82) is 0 Å². The number of ether oxygens (including phenoxy) is 2. The molecule has 1 aromatic rings. The molecule has 0 saturated heterocycles. The van der Waals surface area contributed by atoms with Crippen LogP contribution in [0.1, 0.15) is 11.1 Å². The van der Waals surface area contributed by atoms with Crippen LogP contribution in [0.25, 0.3) is 0 Å². The van der Waals surface area contributed by atoms with Gasteiger partial charge in [-0.15, -0.1) is 11.6 Å². The summed E-state index contributed by atoms with van der Waals surface area (Å²) in [4.78, 5) is 0. The molecule has 1 aliphatic heterocycles. The minimum atomic E-state index is -0.511. The molecule has 0 saturated carbocycles. The molecule has 16 heavy (non-hydrogen) atoms. The Kier molecular flexibility index (Phi) is 3.56. The van der Waals surface area contributed by atoms with E-state index in [0.29, 0.717) is 19.6 Å². The Bertz CT molecular complexity index is 379. The Morgan fingerprint density at radius 3 is 2.56 bits per heavy atom. The molecule has 1 N–H and O–H groups in total.